The maximum atomic E-state index is 12.5. The van der Waals surface area contributed by atoms with Gasteiger partial charge in [-0.05, 0) is 12.8 Å². The molecule has 6 heteroatoms. The Morgan fingerprint density at radius 2 is 1.95 bits per heavy atom. The normalized spacial score (nSPS) is 18.2. The number of rotatable bonds is 6. The molecule has 0 aromatic carbocycles. The minimum absolute atomic E-state index is 0.0341. The molecule has 1 rings (SSSR count). The molecule has 1 amide bonds. The van der Waals surface area contributed by atoms with Gasteiger partial charge >= 0.3 is 5.97 Å². The molecule has 1 unspecified atom stereocenters. The first kappa shape index (κ1) is 16.3. The molecule has 0 bridgehead atoms. The minimum Gasteiger partial charge on any atom is -0.481 e. The van der Waals surface area contributed by atoms with E-state index >= 15 is 0 Å². The van der Waals surface area contributed by atoms with Crippen molar-refractivity contribution >= 4 is 24.5 Å². The first-order valence-electron chi connectivity index (χ1n) is 6.73. The number of amides is 1. The van der Waals surface area contributed by atoms with Gasteiger partial charge in [-0.2, -0.15) is 12.6 Å². The molecule has 5 nitrogen and oxygen atoms in total. The van der Waals surface area contributed by atoms with Crippen LogP contribution in [0.3, 0.4) is 0 Å². The second kappa shape index (κ2) is 7.14. The maximum absolute atomic E-state index is 12.5. The lowest BCUT2D eigenvalue weighted by Gasteiger charge is -2.33. The van der Waals surface area contributed by atoms with Gasteiger partial charge in [0.05, 0.1) is 0 Å². The average Bonchev–Trinajstić information content (AvgIpc) is 2.33. The Kier molecular flexibility index (Phi) is 6.13. The lowest BCUT2D eigenvalue weighted by molar-refractivity contribution is -0.139. The Balaban J connectivity index is 2.64. The van der Waals surface area contributed by atoms with Crippen molar-refractivity contribution in [1.82, 2.24) is 10.2 Å². The van der Waals surface area contributed by atoms with Gasteiger partial charge in [0.25, 0.3) is 0 Å². The van der Waals surface area contributed by atoms with E-state index < -0.39 is 5.97 Å². The van der Waals surface area contributed by atoms with E-state index in [-0.39, 0.29) is 23.0 Å². The van der Waals surface area contributed by atoms with Crippen molar-refractivity contribution in [3.63, 3.8) is 0 Å². The maximum Gasteiger partial charge on any atom is 0.303 e. The predicted octanol–water partition coefficient (Wildman–Crippen LogP) is 0.998. The molecule has 0 aromatic heterocycles. The van der Waals surface area contributed by atoms with Gasteiger partial charge in [0, 0.05) is 43.3 Å². The third-order valence-electron chi connectivity index (χ3n) is 3.23. The van der Waals surface area contributed by atoms with Gasteiger partial charge in [0.2, 0.25) is 5.91 Å². The summed E-state index contributed by atoms with van der Waals surface area (Å²) in [5.74, 6) is -1.03. The summed E-state index contributed by atoms with van der Waals surface area (Å²) in [6, 6.07) is 0. The summed E-state index contributed by atoms with van der Waals surface area (Å²) in [4.78, 5) is 25.0. The first-order valence-corrected chi connectivity index (χ1v) is 7.18. The summed E-state index contributed by atoms with van der Waals surface area (Å²) < 4.78 is -0.271. The van der Waals surface area contributed by atoms with Crippen LogP contribution in [0.2, 0.25) is 0 Å². The van der Waals surface area contributed by atoms with Gasteiger partial charge in [-0.15, -0.1) is 0 Å². The van der Waals surface area contributed by atoms with Gasteiger partial charge in [0.1, 0.15) is 0 Å². The summed E-state index contributed by atoms with van der Waals surface area (Å²) in [6.07, 6.45) is 1.03. The summed E-state index contributed by atoms with van der Waals surface area (Å²) in [6.45, 7) is 6.93. The van der Waals surface area contributed by atoms with Crippen LogP contribution in [0.15, 0.2) is 0 Å². The van der Waals surface area contributed by atoms with Crippen molar-refractivity contribution in [2.75, 3.05) is 26.2 Å². The minimum atomic E-state index is -0.852. The fraction of sp³-hybridized carbons (Fsp3) is 0.846. The topological polar surface area (TPSA) is 69.6 Å². The lowest BCUT2D eigenvalue weighted by atomic mass is 9.90. The summed E-state index contributed by atoms with van der Waals surface area (Å²) >= 11 is 4.47. The van der Waals surface area contributed by atoms with Gasteiger partial charge in [0.15, 0.2) is 0 Å². The van der Waals surface area contributed by atoms with Crippen LogP contribution in [0.1, 0.15) is 33.1 Å². The van der Waals surface area contributed by atoms with E-state index in [1.807, 2.05) is 18.7 Å². The SMILES string of the molecule is CC(C)(S)CC(CCC(=O)O)C(=O)N1CCNCC1. The highest BCUT2D eigenvalue weighted by Crippen LogP contribution is 2.27. The Morgan fingerprint density at radius 1 is 1.37 bits per heavy atom. The van der Waals surface area contributed by atoms with E-state index in [1.54, 1.807) is 0 Å². The fourth-order valence-corrected chi connectivity index (χ4v) is 2.58. The van der Waals surface area contributed by atoms with Crippen molar-refractivity contribution in [2.45, 2.75) is 37.9 Å². The fourth-order valence-electron chi connectivity index (χ4n) is 2.36. The first-order chi connectivity index (χ1) is 8.79. The highest BCUT2D eigenvalue weighted by molar-refractivity contribution is 7.81. The number of carboxylic acids is 1. The van der Waals surface area contributed by atoms with E-state index in [4.69, 9.17) is 5.11 Å². The molecular formula is C13H24N2O3S. The molecule has 1 aliphatic rings. The van der Waals surface area contributed by atoms with E-state index in [2.05, 4.69) is 17.9 Å². The van der Waals surface area contributed by atoms with Crippen molar-refractivity contribution in [3.8, 4) is 0 Å². The van der Waals surface area contributed by atoms with Crippen molar-refractivity contribution < 1.29 is 14.7 Å². The number of hydrogen-bond acceptors (Lipinski definition) is 4. The van der Waals surface area contributed by atoms with Crippen molar-refractivity contribution in [3.05, 3.63) is 0 Å². The molecule has 19 heavy (non-hydrogen) atoms. The highest BCUT2D eigenvalue weighted by Gasteiger charge is 2.29. The zero-order chi connectivity index (χ0) is 14.5. The van der Waals surface area contributed by atoms with Crippen LogP contribution in [-0.4, -0.2) is 52.8 Å². The number of carbonyl (C=O) groups is 2. The molecule has 0 aromatic rings. The number of carboxylic acid groups (broad SMARTS) is 1. The quantitative estimate of drug-likeness (QED) is 0.638. The lowest BCUT2D eigenvalue weighted by Crippen LogP contribution is -2.49. The smallest absolute Gasteiger partial charge is 0.303 e. The summed E-state index contributed by atoms with van der Waals surface area (Å²) in [7, 11) is 0. The number of aliphatic carboxylic acids is 1. The van der Waals surface area contributed by atoms with Crippen LogP contribution >= 0.6 is 12.6 Å². The molecule has 2 N–H and O–H groups in total. The van der Waals surface area contributed by atoms with E-state index in [0.29, 0.717) is 25.9 Å². The molecule has 0 saturated carbocycles. The molecule has 110 valence electrons. The molecule has 0 radical (unpaired) electrons. The molecule has 0 spiro atoms. The Morgan fingerprint density at radius 3 is 2.42 bits per heavy atom. The summed E-state index contributed by atoms with van der Waals surface area (Å²) in [5, 5.41) is 12.0. The molecular weight excluding hydrogens is 264 g/mol. The average molecular weight is 288 g/mol. The molecule has 1 aliphatic heterocycles. The molecule has 1 fully saturated rings. The Bertz CT molecular complexity index is 322. The number of carbonyl (C=O) groups excluding carboxylic acids is 1. The van der Waals surface area contributed by atoms with Crippen LogP contribution in [0.25, 0.3) is 0 Å². The van der Waals surface area contributed by atoms with Gasteiger partial charge in [-0.3, -0.25) is 9.59 Å². The van der Waals surface area contributed by atoms with E-state index in [9.17, 15) is 9.59 Å². The number of piperazine rings is 1. The number of thiol groups is 1. The molecule has 1 saturated heterocycles. The third kappa shape index (κ3) is 6.29. The van der Waals surface area contributed by atoms with Crippen molar-refractivity contribution in [2.24, 2.45) is 5.92 Å². The Labute approximate surface area is 120 Å². The van der Waals surface area contributed by atoms with E-state index in [0.717, 1.165) is 13.1 Å². The number of nitrogens with zero attached hydrogens (tertiary/aromatic N) is 1. The van der Waals surface area contributed by atoms with Gasteiger partial charge in [-0.25, -0.2) is 0 Å². The monoisotopic (exact) mass is 288 g/mol. The molecule has 1 heterocycles. The number of hydrogen-bond donors (Lipinski definition) is 3. The van der Waals surface area contributed by atoms with Crippen LogP contribution in [-0.2, 0) is 9.59 Å². The molecule has 1 atom stereocenters. The second-order valence-corrected chi connectivity index (χ2v) is 6.93. The standard InChI is InChI=1S/C13H24N2O3S/c1-13(2,19)9-10(3-4-11(16)17)12(18)15-7-5-14-6-8-15/h10,14,19H,3-9H2,1-2H3,(H,16,17). The van der Waals surface area contributed by atoms with Crippen LogP contribution in [0, 0.1) is 5.92 Å². The zero-order valence-electron chi connectivity index (χ0n) is 11.7. The Hall–Kier alpha value is -0.750. The van der Waals surface area contributed by atoms with Crippen molar-refractivity contribution in [1.29, 1.82) is 0 Å². The predicted molar refractivity (Wildman–Crippen MR) is 77.5 cm³/mol. The van der Waals surface area contributed by atoms with Gasteiger partial charge < -0.3 is 15.3 Å². The van der Waals surface area contributed by atoms with Crippen LogP contribution in [0.5, 0.6) is 0 Å². The molecule has 0 aliphatic carbocycles. The highest BCUT2D eigenvalue weighted by atomic mass is 32.1. The second-order valence-electron chi connectivity index (χ2n) is 5.72. The largest absolute Gasteiger partial charge is 0.481 e. The number of nitrogens with one attached hydrogen (secondary N) is 1. The zero-order valence-corrected chi connectivity index (χ0v) is 12.6. The van der Waals surface area contributed by atoms with Crippen LogP contribution in [0.4, 0.5) is 0 Å². The summed E-state index contributed by atoms with van der Waals surface area (Å²) in [5.41, 5.74) is 0. The third-order valence-corrected chi connectivity index (χ3v) is 3.41. The van der Waals surface area contributed by atoms with Crippen LogP contribution < -0.4 is 5.32 Å². The van der Waals surface area contributed by atoms with Gasteiger partial charge in [-0.1, -0.05) is 13.8 Å². The van der Waals surface area contributed by atoms with E-state index in [1.165, 1.54) is 0 Å².